The van der Waals surface area contributed by atoms with E-state index in [1.807, 2.05) is 57.4 Å². The Kier molecular flexibility index (Phi) is 3.73. The lowest BCUT2D eigenvalue weighted by molar-refractivity contribution is -0.132. The van der Waals surface area contributed by atoms with Gasteiger partial charge in [-0.25, -0.2) is 4.99 Å². The molecule has 5 rings (SSSR count). The van der Waals surface area contributed by atoms with Crippen LogP contribution in [0.25, 0.3) is 6.08 Å². The maximum Gasteiger partial charge on any atom is 0.270 e. The summed E-state index contributed by atoms with van der Waals surface area (Å²) in [5.74, 6) is 0.0527. The van der Waals surface area contributed by atoms with Gasteiger partial charge in [0.05, 0.1) is 16.3 Å². The van der Waals surface area contributed by atoms with E-state index in [2.05, 4.69) is 5.10 Å². The van der Waals surface area contributed by atoms with Crippen molar-refractivity contribution in [1.29, 1.82) is 0 Å². The van der Waals surface area contributed by atoms with Crippen LogP contribution in [0.4, 0.5) is 0 Å². The lowest BCUT2D eigenvalue weighted by Gasteiger charge is -2.45. The van der Waals surface area contributed by atoms with Crippen LogP contribution >= 0.6 is 11.3 Å². The van der Waals surface area contributed by atoms with Gasteiger partial charge in [-0.3, -0.25) is 18.8 Å². The molecule has 3 aromatic rings. The number of aryl methyl sites for hydroxylation is 2. The number of hydrogen-bond acceptors (Lipinski definition) is 6. The van der Waals surface area contributed by atoms with Crippen molar-refractivity contribution in [2.24, 2.45) is 18.0 Å². The number of rotatable bonds is 2. The zero-order chi connectivity index (χ0) is 20.5. The number of thiazole rings is 1. The molecule has 7 nitrogen and oxygen atoms in total. The number of para-hydroxylation sites is 1. The summed E-state index contributed by atoms with van der Waals surface area (Å²) in [5, 5.41) is 4.34. The molecule has 148 valence electrons. The predicted molar refractivity (Wildman–Crippen MR) is 109 cm³/mol. The molecule has 0 radical (unpaired) electrons. The van der Waals surface area contributed by atoms with Crippen molar-refractivity contribution in [2.75, 3.05) is 0 Å². The number of ketones is 1. The van der Waals surface area contributed by atoms with Crippen LogP contribution in [0.15, 0.2) is 40.2 Å². The Bertz CT molecular complexity index is 1350. The molecule has 8 heteroatoms. The van der Waals surface area contributed by atoms with E-state index in [4.69, 9.17) is 9.73 Å². The van der Waals surface area contributed by atoms with Gasteiger partial charge in [0.1, 0.15) is 17.5 Å². The number of Topliss-reactive ketones (excluding diaryl/α,β-unsaturated/α-hetero) is 1. The first-order valence-corrected chi connectivity index (χ1v) is 10.2. The summed E-state index contributed by atoms with van der Waals surface area (Å²) < 4.78 is 10.1. The van der Waals surface area contributed by atoms with E-state index >= 15 is 0 Å². The molecular weight excluding hydrogens is 388 g/mol. The van der Waals surface area contributed by atoms with Gasteiger partial charge >= 0.3 is 0 Å². The summed E-state index contributed by atoms with van der Waals surface area (Å²) in [6, 6.07) is 7.13. The normalized spacial score (nSPS) is 25.0. The minimum Gasteiger partial charge on any atom is -0.465 e. The van der Waals surface area contributed by atoms with Crippen LogP contribution in [0, 0.1) is 12.8 Å². The fourth-order valence-corrected chi connectivity index (χ4v) is 5.55. The molecule has 2 bridgehead atoms. The number of carbonyl (C=O) groups is 1. The molecule has 29 heavy (non-hydrogen) atoms. The lowest BCUT2D eigenvalue weighted by atomic mass is 9.79. The zero-order valence-corrected chi connectivity index (χ0v) is 17.4. The van der Waals surface area contributed by atoms with E-state index in [0.29, 0.717) is 15.1 Å². The molecular formula is C21H20N4O3S. The zero-order valence-electron chi connectivity index (χ0n) is 16.5. The number of nitrogens with zero attached hydrogens (tertiary/aromatic N) is 4. The summed E-state index contributed by atoms with van der Waals surface area (Å²) in [6.07, 6.45) is 3.73. The van der Waals surface area contributed by atoms with E-state index in [0.717, 1.165) is 16.8 Å². The van der Waals surface area contributed by atoms with Gasteiger partial charge in [-0.2, -0.15) is 5.10 Å². The van der Waals surface area contributed by atoms with E-state index in [9.17, 15) is 9.59 Å². The Morgan fingerprint density at radius 1 is 1.34 bits per heavy atom. The Morgan fingerprint density at radius 3 is 2.79 bits per heavy atom. The lowest BCUT2D eigenvalue weighted by Crippen LogP contribution is -2.58. The molecule has 2 aromatic heterocycles. The number of fused-ring (bicyclic) bond motifs is 6. The fraction of sp³-hybridized carbons (Fsp3) is 0.333. The molecule has 1 aromatic carbocycles. The van der Waals surface area contributed by atoms with Gasteiger partial charge in [-0.05, 0) is 32.9 Å². The highest BCUT2D eigenvalue weighted by Crippen LogP contribution is 2.47. The quantitative estimate of drug-likeness (QED) is 0.641. The van der Waals surface area contributed by atoms with Gasteiger partial charge in [0, 0.05) is 24.4 Å². The van der Waals surface area contributed by atoms with Gasteiger partial charge in [-0.15, -0.1) is 0 Å². The molecule has 4 heterocycles. The summed E-state index contributed by atoms with van der Waals surface area (Å²) in [5.41, 5.74) is 1.39. The molecule has 0 amide bonds. The van der Waals surface area contributed by atoms with Crippen molar-refractivity contribution >= 4 is 23.2 Å². The summed E-state index contributed by atoms with van der Waals surface area (Å²) >= 11 is 1.32. The van der Waals surface area contributed by atoms with Gasteiger partial charge in [0.2, 0.25) is 5.72 Å². The minimum atomic E-state index is -1.04. The first kappa shape index (κ1) is 18.1. The largest absolute Gasteiger partial charge is 0.465 e. The first-order valence-electron chi connectivity index (χ1n) is 9.40. The predicted octanol–water partition coefficient (Wildman–Crippen LogP) is 1.32. The Labute approximate surface area is 170 Å². The van der Waals surface area contributed by atoms with Gasteiger partial charge in [0.25, 0.3) is 5.56 Å². The van der Waals surface area contributed by atoms with Crippen molar-refractivity contribution in [3.63, 3.8) is 0 Å². The highest BCUT2D eigenvalue weighted by Gasteiger charge is 2.53. The number of benzene rings is 1. The van der Waals surface area contributed by atoms with Crippen LogP contribution < -0.4 is 19.6 Å². The second kappa shape index (κ2) is 6.00. The Balaban J connectivity index is 1.82. The van der Waals surface area contributed by atoms with Crippen molar-refractivity contribution < 1.29 is 9.53 Å². The Morgan fingerprint density at radius 2 is 2.10 bits per heavy atom. The number of carbonyl (C=O) groups excluding carboxylic acids is 1. The molecule has 2 aliphatic heterocycles. The minimum absolute atomic E-state index is 0.0480. The smallest absolute Gasteiger partial charge is 0.270 e. The highest BCUT2D eigenvalue weighted by molar-refractivity contribution is 7.07. The summed E-state index contributed by atoms with van der Waals surface area (Å²) in [7, 11) is 1.85. The van der Waals surface area contributed by atoms with E-state index in [1.54, 1.807) is 9.25 Å². The van der Waals surface area contributed by atoms with Gasteiger partial charge < -0.3 is 4.74 Å². The van der Waals surface area contributed by atoms with Crippen LogP contribution in [-0.4, -0.2) is 25.9 Å². The van der Waals surface area contributed by atoms with E-state index in [1.165, 1.54) is 18.3 Å². The molecule has 3 atom stereocenters. The number of ether oxygens (including phenoxy) is 1. The van der Waals surface area contributed by atoms with Crippen LogP contribution in [0.5, 0.6) is 5.75 Å². The molecule has 0 aliphatic carbocycles. The Hall–Kier alpha value is -3.00. The monoisotopic (exact) mass is 408 g/mol. The third-order valence-corrected chi connectivity index (χ3v) is 6.64. The third kappa shape index (κ3) is 2.55. The first-order chi connectivity index (χ1) is 13.8. The van der Waals surface area contributed by atoms with Crippen molar-refractivity contribution in [3.8, 4) is 5.75 Å². The second-order valence-corrected chi connectivity index (χ2v) is 8.76. The van der Waals surface area contributed by atoms with Gasteiger partial charge in [-0.1, -0.05) is 29.5 Å². The molecule has 0 unspecified atom stereocenters. The van der Waals surface area contributed by atoms with Crippen LogP contribution in [-0.2, 0) is 11.8 Å². The van der Waals surface area contributed by atoms with Crippen LogP contribution in [0.2, 0.25) is 0 Å². The molecule has 0 saturated heterocycles. The SMILES string of the molecule is CC(=O)[C@H]1[C@@H]2c3ccccc3O[C@@]1(C)N=c1s/c(=C/c3cn(C)nc3C)c(=O)n12. The van der Waals surface area contributed by atoms with Crippen molar-refractivity contribution in [3.05, 3.63) is 67.0 Å². The van der Waals surface area contributed by atoms with Crippen LogP contribution in [0.3, 0.4) is 0 Å². The van der Waals surface area contributed by atoms with Crippen molar-refractivity contribution in [2.45, 2.75) is 32.5 Å². The topological polar surface area (TPSA) is 78.5 Å². The maximum absolute atomic E-state index is 13.4. The molecule has 0 N–H and O–H groups in total. The van der Waals surface area contributed by atoms with Crippen molar-refractivity contribution in [1.82, 2.24) is 14.3 Å². The standard InChI is InChI=1S/C21H20N4O3S/c1-11-13(10-24(4)23-11)9-16-19(27)25-18-14-7-5-6-8-15(14)28-21(3,17(18)12(2)26)22-20(25)29-16/h5-10,17-18H,1-4H3/b16-9+/t17-,18-,21+/m0/s1. The van der Waals surface area contributed by atoms with E-state index in [-0.39, 0.29) is 11.3 Å². The molecule has 0 spiro atoms. The van der Waals surface area contributed by atoms with Gasteiger partial charge in [0.15, 0.2) is 4.80 Å². The molecule has 2 aliphatic rings. The number of hydrogen-bond donors (Lipinski definition) is 0. The van der Waals surface area contributed by atoms with E-state index < -0.39 is 17.7 Å². The highest BCUT2D eigenvalue weighted by atomic mass is 32.1. The fourth-order valence-electron chi connectivity index (χ4n) is 4.46. The number of aromatic nitrogens is 3. The second-order valence-electron chi connectivity index (χ2n) is 7.75. The average Bonchev–Trinajstić information content (AvgIpc) is 3.11. The third-order valence-electron chi connectivity index (χ3n) is 5.66. The summed E-state index contributed by atoms with van der Waals surface area (Å²) in [6.45, 7) is 5.27. The molecule has 0 saturated carbocycles. The maximum atomic E-state index is 13.4. The average molecular weight is 408 g/mol. The summed E-state index contributed by atoms with van der Waals surface area (Å²) in [4.78, 5) is 31.4. The molecule has 0 fully saturated rings. The van der Waals surface area contributed by atoms with Crippen LogP contribution in [0.1, 0.15) is 36.7 Å².